The van der Waals surface area contributed by atoms with E-state index in [4.69, 9.17) is 21.1 Å². The lowest BCUT2D eigenvalue weighted by molar-refractivity contribution is -0.118. The summed E-state index contributed by atoms with van der Waals surface area (Å²) in [5.41, 5.74) is 3.93. The lowest BCUT2D eigenvalue weighted by Crippen LogP contribution is -2.37. The number of amides is 1. The second-order valence-electron chi connectivity index (χ2n) is 9.85. The fourth-order valence-corrected chi connectivity index (χ4v) is 6.00. The Morgan fingerprint density at radius 2 is 1.67 bits per heavy atom. The molecule has 0 aromatic heterocycles. The third-order valence-electron chi connectivity index (χ3n) is 7.41. The number of benzene rings is 2. The van der Waals surface area contributed by atoms with E-state index in [-0.39, 0.29) is 28.0 Å². The first-order valence-corrected chi connectivity index (χ1v) is 13.6. The first-order chi connectivity index (χ1) is 18.8. The number of nitrogens with zero attached hydrogens (tertiary/aromatic N) is 1. The Kier molecular flexibility index (Phi) is 7.75. The van der Waals surface area contributed by atoms with E-state index < -0.39 is 24.2 Å². The molecule has 2 aromatic rings. The van der Waals surface area contributed by atoms with Crippen molar-refractivity contribution in [3.63, 3.8) is 0 Å². The number of halogens is 2. The highest BCUT2D eigenvalue weighted by molar-refractivity contribution is 6.32. The number of nitrogens with one attached hydrogen (secondary N) is 1. The summed E-state index contributed by atoms with van der Waals surface area (Å²) in [5.74, 6) is -1.13. The second-order valence-corrected chi connectivity index (χ2v) is 10.3. The highest BCUT2D eigenvalue weighted by Crippen LogP contribution is 2.50. The maximum absolute atomic E-state index is 13.9. The molecule has 7 nitrogen and oxygen atoms in total. The Morgan fingerprint density at radius 1 is 1.03 bits per heavy atom. The number of ketones is 2. The number of carbonyl (C=O) groups is 3. The summed E-state index contributed by atoms with van der Waals surface area (Å²) in [4.78, 5) is 41.1. The van der Waals surface area contributed by atoms with Gasteiger partial charge in [-0.05, 0) is 62.4 Å². The molecule has 5 rings (SSSR count). The topological polar surface area (TPSA) is 84.9 Å². The van der Waals surface area contributed by atoms with Gasteiger partial charge in [0.05, 0.1) is 17.3 Å². The van der Waals surface area contributed by atoms with Gasteiger partial charge >= 0.3 is 0 Å². The van der Waals surface area contributed by atoms with Crippen LogP contribution in [0.5, 0.6) is 11.5 Å². The van der Waals surface area contributed by atoms with Gasteiger partial charge in [-0.25, -0.2) is 4.39 Å². The Morgan fingerprint density at radius 3 is 2.28 bits per heavy atom. The van der Waals surface area contributed by atoms with Gasteiger partial charge in [-0.15, -0.1) is 0 Å². The van der Waals surface area contributed by atoms with Gasteiger partial charge in [0.15, 0.2) is 29.7 Å². The number of allylic oxidation sites excluding steroid dienone is 4. The van der Waals surface area contributed by atoms with E-state index in [0.717, 1.165) is 37.1 Å². The third kappa shape index (κ3) is 5.17. The number of para-hydroxylation sites is 1. The zero-order valence-electron chi connectivity index (χ0n) is 21.9. The van der Waals surface area contributed by atoms with Crippen molar-refractivity contribution < 1.29 is 28.2 Å². The van der Waals surface area contributed by atoms with Crippen molar-refractivity contribution in [1.29, 1.82) is 0 Å². The van der Waals surface area contributed by atoms with E-state index in [0.29, 0.717) is 41.9 Å². The predicted octanol–water partition coefficient (Wildman–Crippen LogP) is 5.94. The van der Waals surface area contributed by atoms with Crippen LogP contribution in [-0.2, 0) is 14.4 Å². The zero-order valence-corrected chi connectivity index (χ0v) is 22.7. The first-order valence-electron chi connectivity index (χ1n) is 13.2. The number of Topliss-reactive ketones (excluding diaryl/α,β-unsaturated/α-hetero) is 2. The van der Waals surface area contributed by atoms with Crippen molar-refractivity contribution in [1.82, 2.24) is 4.90 Å². The molecule has 0 saturated carbocycles. The molecule has 204 valence electrons. The highest BCUT2D eigenvalue weighted by Gasteiger charge is 2.42. The molecule has 39 heavy (non-hydrogen) atoms. The summed E-state index contributed by atoms with van der Waals surface area (Å²) in [6.45, 7) is 1.68. The van der Waals surface area contributed by atoms with Gasteiger partial charge in [0.2, 0.25) is 0 Å². The molecule has 0 saturated heterocycles. The molecule has 2 aromatic carbocycles. The Hall–Kier alpha value is -3.65. The monoisotopic (exact) mass is 552 g/mol. The van der Waals surface area contributed by atoms with E-state index in [9.17, 15) is 18.8 Å². The summed E-state index contributed by atoms with van der Waals surface area (Å²) in [5, 5.41) is 2.66. The van der Waals surface area contributed by atoms with Crippen LogP contribution in [0.3, 0.4) is 0 Å². The zero-order chi connectivity index (χ0) is 27.7. The molecule has 1 N–H and O–H groups in total. The molecule has 0 atom stereocenters. The van der Waals surface area contributed by atoms with Crippen LogP contribution in [0.25, 0.3) is 0 Å². The van der Waals surface area contributed by atoms with E-state index >= 15 is 0 Å². The van der Waals surface area contributed by atoms with Crippen LogP contribution in [0.2, 0.25) is 5.02 Å². The van der Waals surface area contributed by atoms with Gasteiger partial charge in [-0.3, -0.25) is 14.4 Å². The van der Waals surface area contributed by atoms with Gasteiger partial charge in [0.25, 0.3) is 5.91 Å². The standard InChI is InChI=1S/C30H30ClFN2O5/c1-3-38-25-15-17(14-18(31)30(25)39-16-26(37)33-20-9-5-4-8-19(20)32)27-28-21(10-6-12-23(28)35)34(2)22-11-7-13-24(36)29(22)27/h4-5,8-9,14-15,27H,3,6-7,10-13,16H2,1-2H3,(H,33,37). The number of hydrogen-bond acceptors (Lipinski definition) is 6. The SMILES string of the molecule is CCOc1cc(C2C3=C(CCCC3=O)N(C)C3=C2C(=O)CCC3)cc(Cl)c1OCC(=O)Nc1ccccc1F. The Labute approximate surface area is 231 Å². The van der Waals surface area contributed by atoms with Crippen LogP contribution in [0.1, 0.15) is 56.9 Å². The van der Waals surface area contributed by atoms with Crippen molar-refractivity contribution in [2.75, 3.05) is 25.6 Å². The second kappa shape index (κ2) is 11.2. The highest BCUT2D eigenvalue weighted by atomic mass is 35.5. The van der Waals surface area contributed by atoms with Gasteiger partial charge in [-0.1, -0.05) is 23.7 Å². The van der Waals surface area contributed by atoms with Gasteiger partial charge in [0, 0.05) is 48.3 Å². The van der Waals surface area contributed by atoms with Crippen LogP contribution in [0.4, 0.5) is 10.1 Å². The molecule has 0 bridgehead atoms. The van der Waals surface area contributed by atoms with Crippen molar-refractivity contribution in [2.45, 2.75) is 51.4 Å². The average Bonchev–Trinajstić information content (AvgIpc) is 2.91. The van der Waals surface area contributed by atoms with Crippen LogP contribution in [-0.4, -0.2) is 42.6 Å². The maximum atomic E-state index is 13.9. The van der Waals surface area contributed by atoms with Gasteiger partial charge in [-0.2, -0.15) is 0 Å². The van der Waals surface area contributed by atoms with Gasteiger partial charge in [0.1, 0.15) is 5.82 Å². The quantitative estimate of drug-likeness (QED) is 0.458. The molecule has 0 unspecified atom stereocenters. The summed E-state index contributed by atoms with van der Waals surface area (Å²) >= 11 is 6.70. The fourth-order valence-electron chi connectivity index (χ4n) is 5.73. The largest absolute Gasteiger partial charge is 0.490 e. The molecule has 1 amide bonds. The lowest BCUT2D eigenvalue weighted by atomic mass is 9.71. The molecule has 2 aliphatic carbocycles. The molecule has 1 aliphatic heterocycles. The molecular weight excluding hydrogens is 523 g/mol. The van der Waals surface area contributed by atoms with Crippen molar-refractivity contribution in [3.05, 3.63) is 75.3 Å². The van der Waals surface area contributed by atoms with Crippen LogP contribution in [0.15, 0.2) is 58.9 Å². The molecule has 9 heteroatoms. The number of anilines is 1. The molecule has 0 fully saturated rings. The summed E-state index contributed by atoms with van der Waals surface area (Å²) in [6, 6.07) is 9.27. The Bertz CT molecular complexity index is 1370. The smallest absolute Gasteiger partial charge is 0.262 e. The maximum Gasteiger partial charge on any atom is 0.262 e. The minimum atomic E-state index is -0.566. The summed E-state index contributed by atoms with van der Waals surface area (Å²) in [6.07, 6.45) is 3.96. The molecular formula is C30H30ClFN2O5. The summed E-state index contributed by atoms with van der Waals surface area (Å²) < 4.78 is 25.5. The first kappa shape index (κ1) is 26.9. The van der Waals surface area contributed by atoms with Crippen LogP contribution < -0.4 is 14.8 Å². The molecule has 1 heterocycles. The van der Waals surface area contributed by atoms with E-state index in [1.165, 1.54) is 18.2 Å². The average molecular weight is 553 g/mol. The molecule has 0 spiro atoms. The number of carbonyl (C=O) groups excluding carboxylic acids is 3. The Balaban J connectivity index is 1.50. The van der Waals surface area contributed by atoms with Crippen molar-refractivity contribution in [2.24, 2.45) is 0 Å². The minimum Gasteiger partial charge on any atom is -0.490 e. The van der Waals surface area contributed by atoms with Crippen LogP contribution >= 0.6 is 11.6 Å². The van der Waals surface area contributed by atoms with Crippen molar-refractivity contribution >= 4 is 34.8 Å². The summed E-state index contributed by atoms with van der Waals surface area (Å²) in [7, 11) is 1.94. The number of hydrogen-bond donors (Lipinski definition) is 1. The van der Waals surface area contributed by atoms with E-state index in [1.54, 1.807) is 25.1 Å². The van der Waals surface area contributed by atoms with Gasteiger partial charge < -0.3 is 19.7 Å². The lowest BCUT2D eigenvalue weighted by Gasteiger charge is -2.42. The van der Waals surface area contributed by atoms with Crippen LogP contribution in [0, 0.1) is 5.82 Å². The normalized spacial score (nSPS) is 17.7. The molecule has 3 aliphatic rings. The van der Waals surface area contributed by atoms with Crippen molar-refractivity contribution in [3.8, 4) is 11.5 Å². The molecule has 0 radical (unpaired) electrons. The van der Waals surface area contributed by atoms with E-state index in [1.807, 2.05) is 11.9 Å². The fraction of sp³-hybridized carbons (Fsp3) is 0.367. The number of ether oxygens (including phenoxy) is 2. The number of rotatable bonds is 7. The third-order valence-corrected chi connectivity index (χ3v) is 7.69. The van der Waals surface area contributed by atoms with E-state index in [2.05, 4.69) is 5.32 Å². The predicted molar refractivity (Wildman–Crippen MR) is 145 cm³/mol. The minimum absolute atomic E-state index is 0.0391.